The minimum atomic E-state index is -4.86. The second kappa shape index (κ2) is 12.7. The van der Waals surface area contributed by atoms with Gasteiger partial charge in [0.15, 0.2) is 17.4 Å². The molecule has 1 aromatic carbocycles. The number of ether oxygens (including phenoxy) is 1. The van der Waals surface area contributed by atoms with Crippen molar-refractivity contribution in [2.24, 2.45) is 0 Å². The van der Waals surface area contributed by atoms with E-state index in [2.05, 4.69) is 25.2 Å². The Morgan fingerprint density at radius 2 is 1.74 bits per heavy atom. The van der Waals surface area contributed by atoms with Gasteiger partial charge in [-0.05, 0) is 58.0 Å². The number of nitrogens with zero attached hydrogens (tertiary/aromatic N) is 4. The molecule has 0 amide bonds. The SMILES string of the molecule is CN(C)[C@H]1CC[C@H](Nc2nccc(-c3cccnc3Oc3cc(F)c(NS(=O)(=O)CCC(F)(F)F)c(F)c3F)n2)CC1. The van der Waals surface area contributed by atoms with E-state index in [1.807, 2.05) is 14.1 Å². The second-order valence-electron chi connectivity index (χ2n) is 9.98. The molecule has 2 N–H and O–H groups in total. The molecule has 2 aromatic heterocycles. The molecule has 0 saturated heterocycles. The standard InChI is InChI=1S/C26H28F6N6O3S/c1-38(2)16-7-5-15(6-8-16)35-25-34-12-9-19(36-25)17-4-3-11-33-24(17)41-20-14-18(27)23(22(29)21(20)28)37-42(39,40)13-10-26(30,31)32/h3-4,9,11-12,14-16,37H,5-8,10,13H2,1-2H3,(H,34,35,36)/t15-,16-. The van der Waals surface area contributed by atoms with Gasteiger partial charge in [0.1, 0.15) is 5.69 Å². The van der Waals surface area contributed by atoms with Crippen molar-refractivity contribution >= 4 is 21.7 Å². The summed E-state index contributed by atoms with van der Waals surface area (Å²) in [6.07, 6.45) is 0.0410. The van der Waals surface area contributed by atoms with Gasteiger partial charge in [0.2, 0.25) is 27.7 Å². The summed E-state index contributed by atoms with van der Waals surface area (Å²) < 4.78 is 112. The van der Waals surface area contributed by atoms with Crippen LogP contribution in [0.4, 0.5) is 38.0 Å². The summed E-state index contributed by atoms with van der Waals surface area (Å²) in [7, 11) is -0.763. The molecule has 4 rings (SSSR count). The summed E-state index contributed by atoms with van der Waals surface area (Å²) in [5, 5.41) is 3.31. The fourth-order valence-electron chi connectivity index (χ4n) is 4.47. The Labute approximate surface area is 238 Å². The highest BCUT2D eigenvalue weighted by molar-refractivity contribution is 7.92. The van der Waals surface area contributed by atoms with Gasteiger partial charge in [-0.15, -0.1) is 0 Å². The highest BCUT2D eigenvalue weighted by Crippen LogP contribution is 2.36. The van der Waals surface area contributed by atoms with Crippen LogP contribution in [0.2, 0.25) is 0 Å². The van der Waals surface area contributed by atoms with E-state index < -0.39 is 57.3 Å². The number of sulfonamides is 1. The summed E-state index contributed by atoms with van der Waals surface area (Å²) in [6, 6.07) is 5.62. The Hall–Kier alpha value is -3.66. The Bertz CT molecular complexity index is 1510. The van der Waals surface area contributed by atoms with Crippen LogP contribution in [-0.2, 0) is 10.0 Å². The summed E-state index contributed by atoms with van der Waals surface area (Å²) in [4.78, 5) is 15.0. The van der Waals surface area contributed by atoms with Crippen molar-refractivity contribution in [3.8, 4) is 22.9 Å². The van der Waals surface area contributed by atoms with Crippen molar-refractivity contribution in [3.63, 3.8) is 0 Å². The van der Waals surface area contributed by atoms with Crippen molar-refractivity contribution in [1.29, 1.82) is 0 Å². The van der Waals surface area contributed by atoms with Crippen molar-refractivity contribution in [1.82, 2.24) is 19.9 Å². The quantitative estimate of drug-likeness (QED) is 0.219. The third kappa shape index (κ3) is 8.00. The normalized spacial score (nSPS) is 17.7. The van der Waals surface area contributed by atoms with Gasteiger partial charge in [0.25, 0.3) is 0 Å². The van der Waals surface area contributed by atoms with Gasteiger partial charge in [-0.25, -0.2) is 32.2 Å². The molecule has 1 aliphatic rings. The second-order valence-corrected chi connectivity index (χ2v) is 11.8. The zero-order valence-corrected chi connectivity index (χ0v) is 23.4. The third-order valence-corrected chi connectivity index (χ3v) is 7.96. The topological polar surface area (TPSA) is 109 Å². The van der Waals surface area contributed by atoms with Gasteiger partial charge < -0.3 is 15.0 Å². The van der Waals surface area contributed by atoms with Gasteiger partial charge in [0, 0.05) is 30.5 Å². The molecule has 0 radical (unpaired) electrons. The number of benzene rings is 1. The van der Waals surface area contributed by atoms with Crippen LogP contribution in [0.15, 0.2) is 36.7 Å². The first-order valence-corrected chi connectivity index (χ1v) is 14.5. The fourth-order valence-corrected chi connectivity index (χ4v) is 5.57. The van der Waals surface area contributed by atoms with Crippen molar-refractivity contribution in [2.45, 2.75) is 50.4 Å². The highest BCUT2D eigenvalue weighted by atomic mass is 32.2. The average Bonchev–Trinajstić information content (AvgIpc) is 2.93. The molecular weight excluding hydrogens is 590 g/mol. The number of hydrogen-bond donors (Lipinski definition) is 2. The molecule has 228 valence electrons. The maximum atomic E-state index is 14.9. The minimum absolute atomic E-state index is 0.158. The zero-order chi connectivity index (χ0) is 30.7. The monoisotopic (exact) mass is 618 g/mol. The molecular formula is C26H28F6N6O3S. The van der Waals surface area contributed by atoms with E-state index in [9.17, 15) is 34.8 Å². The highest BCUT2D eigenvalue weighted by Gasteiger charge is 2.31. The number of anilines is 2. The smallest absolute Gasteiger partial charge is 0.390 e. The molecule has 0 unspecified atom stereocenters. The van der Waals surface area contributed by atoms with Gasteiger partial charge in [-0.2, -0.15) is 17.6 Å². The molecule has 1 fully saturated rings. The lowest BCUT2D eigenvalue weighted by Gasteiger charge is -2.32. The maximum absolute atomic E-state index is 14.9. The van der Waals surface area contributed by atoms with E-state index in [-0.39, 0.29) is 17.5 Å². The van der Waals surface area contributed by atoms with E-state index in [0.29, 0.717) is 23.8 Å². The number of hydrogen-bond acceptors (Lipinski definition) is 8. The van der Waals surface area contributed by atoms with Crippen LogP contribution in [0.3, 0.4) is 0 Å². The van der Waals surface area contributed by atoms with Crippen LogP contribution >= 0.6 is 0 Å². The summed E-state index contributed by atoms with van der Waals surface area (Å²) in [5.74, 6) is -7.84. The van der Waals surface area contributed by atoms with Gasteiger partial charge >= 0.3 is 6.18 Å². The summed E-state index contributed by atoms with van der Waals surface area (Å²) >= 11 is 0. The lowest BCUT2D eigenvalue weighted by molar-refractivity contribution is -0.129. The molecule has 0 bridgehead atoms. The molecule has 42 heavy (non-hydrogen) atoms. The van der Waals surface area contributed by atoms with Crippen LogP contribution in [0.25, 0.3) is 11.3 Å². The third-order valence-electron chi connectivity index (χ3n) is 6.71. The van der Waals surface area contributed by atoms with E-state index in [1.165, 1.54) is 35.3 Å². The molecule has 1 saturated carbocycles. The molecule has 9 nitrogen and oxygen atoms in total. The summed E-state index contributed by atoms with van der Waals surface area (Å²) in [6.45, 7) is 0. The lowest BCUT2D eigenvalue weighted by Crippen LogP contribution is -2.36. The molecule has 2 heterocycles. The van der Waals surface area contributed by atoms with Crippen LogP contribution in [0.5, 0.6) is 11.6 Å². The Kier molecular flexibility index (Phi) is 9.45. The van der Waals surface area contributed by atoms with Gasteiger partial charge in [-0.3, -0.25) is 4.72 Å². The molecule has 16 heteroatoms. The molecule has 0 aliphatic heterocycles. The number of aromatic nitrogens is 3. The van der Waals surface area contributed by atoms with Crippen LogP contribution in [0.1, 0.15) is 32.1 Å². The Morgan fingerprint density at radius 3 is 2.40 bits per heavy atom. The maximum Gasteiger partial charge on any atom is 0.390 e. The van der Waals surface area contributed by atoms with Crippen molar-refractivity contribution in [2.75, 3.05) is 29.9 Å². The van der Waals surface area contributed by atoms with E-state index in [0.717, 1.165) is 25.7 Å². The van der Waals surface area contributed by atoms with Crippen LogP contribution < -0.4 is 14.8 Å². The predicted octanol–water partition coefficient (Wildman–Crippen LogP) is 5.73. The van der Waals surface area contributed by atoms with Crippen LogP contribution in [-0.4, -0.2) is 66.4 Å². The Balaban J connectivity index is 1.53. The number of rotatable bonds is 10. The first-order chi connectivity index (χ1) is 19.7. The number of halogens is 6. The Morgan fingerprint density at radius 1 is 1.02 bits per heavy atom. The molecule has 0 spiro atoms. The minimum Gasteiger partial charge on any atom is -0.435 e. The van der Waals surface area contributed by atoms with Gasteiger partial charge in [-0.1, -0.05) is 0 Å². The van der Waals surface area contributed by atoms with E-state index >= 15 is 0 Å². The van der Waals surface area contributed by atoms with Crippen LogP contribution in [0, 0.1) is 17.5 Å². The predicted molar refractivity (Wildman–Crippen MR) is 143 cm³/mol. The largest absolute Gasteiger partial charge is 0.435 e. The number of alkyl halides is 3. The zero-order valence-electron chi connectivity index (χ0n) is 22.6. The first kappa shape index (κ1) is 31.3. The molecule has 3 aromatic rings. The number of nitrogens with one attached hydrogen (secondary N) is 2. The summed E-state index contributed by atoms with van der Waals surface area (Å²) in [5.41, 5.74) is -0.932. The lowest BCUT2D eigenvalue weighted by atomic mass is 9.91. The fraction of sp³-hybridized carbons (Fsp3) is 0.423. The number of pyridine rings is 1. The van der Waals surface area contributed by atoms with E-state index in [1.54, 1.807) is 0 Å². The van der Waals surface area contributed by atoms with Gasteiger partial charge in [0.05, 0.1) is 23.4 Å². The average molecular weight is 619 g/mol. The molecule has 1 aliphatic carbocycles. The first-order valence-electron chi connectivity index (χ1n) is 12.9. The van der Waals surface area contributed by atoms with E-state index in [4.69, 9.17) is 4.74 Å². The molecule has 0 atom stereocenters. The van der Waals surface area contributed by atoms with Crippen molar-refractivity contribution in [3.05, 3.63) is 54.1 Å². The van der Waals surface area contributed by atoms with Crippen molar-refractivity contribution < 1.29 is 39.5 Å².